The van der Waals surface area contributed by atoms with E-state index >= 15 is 0 Å². The molecule has 5 nitrogen and oxygen atoms in total. The Morgan fingerprint density at radius 2 is 1.89 bits per heavy atom. The van der Waals surface area contributed by atoms with E-state index in [1.54, 1.807) is 0 Å². The second-order valence-electron chi connectivity index (χ2n) is 6.26. The van der Waals surface area contributed by atoms with Crippen molar-refractivity contribution in [3.63, 3.8) is 0 Å². The molecular formula is C19H17F4N3O2. The molecule has 3 aromatic rings. The highest BCUT2D eigenvalue weighted by molar-refractivity contribution is 5.97. The molecule has 0 spiro atoms. The Morgan fingerprint density at radius 1 is 1.18 bits per heavy atom. The molecule has 0 aliphatic heterocycles. The van der Waals surface area contributed by atoms with Crippen molar-refractivity contribution in [2.45, 2.75) is 18.5 Å². The van der Waals surface area contributed by atoms with Crippen LogP contribution in [0.5, 0.6) is 0 Å². The number of fused-ring (bicyclic) bond motifs is 1. The standard InChI is InChI=1S/C19H17F4N3O2/c20-16-14(5-6-15-17(16)26-10-25-15)18(28)24-9-12(7-8-27)11-1-3-13(4-2-11)19(21,22)23/h1-6,10,12,27H,7-9H2,(H,24,28)(H,25,26). The van der Waals surface area contributed by atoms with Crippen molar-refractivity contribution in [3.05, 3.63) is 65.2 Å². The van der Waals surface area contributed by atoms with Crippen LogP contribution < -0.4 is 5.32 Å². The van der Waals surface area contributed by atoms with E-state index in [0.29, 0.717) is 11.1 Å². The molecule has 2 aromatic carbocycles. The van der Waals surface area contributed by atoms with E-state index in [1.807, 2.05) is 0 Å². The van der Waals surface area contributed by atoms with Crippen molar-refractivity contribution in [3.8, 4) is 0 Å². The number of rotatable bonds is 6. The average molecular weight is 395 g/mol. The third kappa shape index (κ3) is 4.14. The second-order valence-corrected chi connectivity index (χ2v) is 6.26. The molecule has 1 atom stereocenters. The van der Waals surface area contributed by atoms with E-state index in [1.165, 1.54) is 30.6 Å². The monoisotopic (exact) mass is 395 g/mol. The first-order valence-electron chi connectivity index (χ1n) is 8.49. The number of aromatic nitrogens is 2. The van der Waals surface area contributed by atoms with Crippen LogP contribution in [0, 0.1) is 5.82 Å². The Bertz CT molecular complexity index is 967. The van der Waals surface area contributed by atoms with Gasteiger partial charge < -0.3 is 15.4 Å². The lowest BCUT2D eigenvalue weighted by Gasteiger charge is -2.18. The SMILES string of the molecule is O=C(NCC(CCO)c1ccc(C(F)(F)F)cc1)c1ccc2[nH]cnc2c1F. The first-order valence-corrected chi connectivity index (χ1v) is 8.49. The fourth-order valence-corrected chi connectivity index (χ4v) is 2.95. The number of hydrogen-bond donors (Lipinski definition) is 3. The van der Waals surface area contributed by atoms with Gasteiger partial charge in [0, 0.05) is 19.1 Å². The first kappa shape index (κ1) is 19.8. The maximum absolute atomic E-state index is 14.4. The number of amides is 1. The lowest BCUT2D eigenvalue weighted by molar-refractivity contribution is -0.137. The minimum Gasteiger partial charge on any atom is -0.396 e. The zero-order valence-corrected chi connectivity index (χ0v) is 14.6. The van der Waals surface area contributed by atoms with Gasteiger partial charge in [-0.05, 0) is 36.2 Å². The molecule has 28 heavy (non-hydrogen) atoms. The topological polar surface area (TPSA) is 78.0 Å². The van der Waals surface area contributed by atoms with Crippen LogP contribution in [0.3, 0.4) is 0 Å². The fourth-order valence-electron chi connectivity index (χ4n) is 2.95. The molecule has 1 amide bonds. The maximum atomic E-state index is 14.4. The van der Waals surface area contributed by atoms with Gasteiger partial charge in [0.2, 0.25) is 0 Å². The number of alkyl halides is 3. The molecule has 1 heterocycles. The van der Waals surface area contributed by atoms with Crippen molar-refractivity contribution in [2.75, 3.05) is 13.2 Å². The normalized spacial score (nSPS) is 12.9. The number of aromatic amines is 1. The zero-order chi connectivity index (χ0) is 20.3. The Kier molecular flexibility index (Phi) is 5.64. The zero-order valence-electron chi connectivity index (χ0n) is 14.6. The van der Waals surface area contributed by atoms with E-state index in [4.69, 9.17) is 0 Å². The lowest BCUT2D eigenvalue weighted by atomic mass is 9.94. The fraction of sp³-hybridized carbons (Fsp3) is 0.263. The number of aliphatic hydroxyl groups is 1. The van der Waals surface area contributed by atoms with Crippen LogP contribution >= 0.6 is 0 Å². The van der Waals surface area contributed by atoms with Crippen molar-refractivity contribution in [1.82, 2.24) is 15.3 Å². The van der Waals surface area contributed by atoms with E-state index in [9.17, 15) is 27.5 Å². The third-order valence-corrected chi connectivity index (χ3v) is 4.47. The summed E-state index contributed by atoms with van der Waals surface area (Å²) in [4.78, 5) is 18.9. The van der Waals surface area contributed by atoms with Gasteiger partial charge in [0.1, 0.15) is 5.52 Å². The van der Waals surface area contributed by atoms with Crippen molar-refractivity contribution in [2.24, 2.45) is 0 Å². The van der Waals surface area contributed by atoms with Crippen LogP contribution in [0.25, 0.3) is 11.0 Å². The van der Waals surface area contributed by atoms with E-state index in [2.05, 4.69) is 15.3 Å². The van der Waals surface area contributed by atoms with Crippen LogP contribution in [0.4, 0.5) is 17.6 Å². The molecule has 3 rings (SSSR count). The van der Waals surface area contributed by atoms with Gasteiger partial charge in [0.05, 0.1) is 23.0 Å². The summed E-state index contributed by atoms with van der Waals surface area (Å²) in [7, 11) is 0. The Hall–Kier alpha value is -2.94. The second kappa shape index (κ2) is 7.97. The quantitative estimate of drug-likeness (QED) is 0.558. The number of aliphatic hydroxyl groups excluding tert-OH is 1. The number of carbonyl (C=O) groups excluding carboxylic acids is 1. The van der Waals surface area contributed by atoms with Gasteiger partial charge in [-0.25, -0.2) is 9.37 Å². The van der Waals surface area contributed by atoms with Crippen LogP contribution in [-0.2, 0) is 6.18 Å². The molecule has 9 heteroatoms. The van der Waals surface area contributed by atoms with Crippen LogP contribution in [0.1, 0.15) is 33.8 Å². The van der Waals surface area contributed by atoms with Gasteiger partial charge >= 0.3 is 6.18 Å². The molecular weight excluding hydrogens is 378 g/mol. The van der Waals surface area contributed by atoms with Crippen molar-refractivity contribution >= 4 is 16.9 Å². The molecule has 148 valence electrons. The molecule has 0 saturated carbocycles. The molecule has 0 saturated heterocycles. The van der Waals surface area contributed by atoms with E-state index in [0.717, 1.165) is 12.1 Å². The van der Waals surface area contributed by atoms with Gasteiger partial charge in [-0.2, -0.15) is 13.2 Å². The highest BCUT2D eigenvalue weighted by Gasteiger charge is 2.30. The number of halogens is 4. The molecule has 0 fully saturated rings. The van der Waals surface area contributed by atoms with Gasteiger partial charge in [-0.1, -0.05) is 12.1 Å². The number of carbonyl (C=O) groups is 1. The highest BCUT2D eigenvalue weighted by Crippen LogP contribution is 2.30. The summed E-state index contributed by atoms with van der Waals surface area (Å²) in [5, 5.41) is 11.8. The van der Waals surface area contributed by atoms with Gasteiger partial charge in [0.15, 0.2) is 5.82 Å². The summed E-state index contributed by atoms with van der Waals surface area (Å²) in [5.41, 5.74) is 0.0667. The Balaban J connectivity index is 1.73. The number of imidazole rings is 1. The summed E-state index contributed by atoms with van der Waals surface area (Å²) in [6.07, 6.45) is -2.90. The van der Waals surface area contributed by atoms with Crippen molar-refractivity contribution in [1.29, 1.82) is 0 Å². The Morgan fingerprint density at radius 3 is 2.54 bits per heavy atom. The molecule has 0 bridgehead atoms. The minimum atomic E-state index is -4.44. The first-order chi connectivity index (χ1) is 13.3. The molecule has 3 N–H and O–H groups in total. The summed E-state index contributed by atoms with van der Waals surface area (Å²) in [5.74, 6) is -1.85. The number of nitrogens with zero attached hydrogens (tertiary/aromatic N) is 1. The van der Waals surface area contributed by atoms with Crippen LogP contribution in [0.15, 0.2) is 42.7 Å². The molecule has 0 aliphatic carbocycles. The van der Waals surface area contributed by atoms with Crippen molar-refractivity contribution < 1.29 is 27.5 Å². The lowest BCUT2D eigenvalue weighted by Crippen LogP contribution is -2.29. The van der Waals surface area contributed by atoms with E-state index < -0.39 is 29.4 Å². The molecule has 0 aliphatic rings. The predicted octanol–water partition coefficient (Wildman–Crippen LogP) is 3.62. The molecule has 1 aromatic heterocycles. The smallest absolute Gasteiger partial charge is 0.396 e. The van der Waals surface area contributed by atoms with Crippen LogP contribution in [-0.4, -0.2) is 34.1 Å². The summed E-state index contributed by atoms with van der Waals surface area (Å²) in [6.45, 7) is -0.183. The Labute approximate surface area is 157 Å². The summed E-state index contributed by atoms with van der Waals surface area (Å²) in [6, 6.07) is 7.38. The minimum absolute atomic E-state index is 0.0306. The molecule has 1 unspecified atom stereocenters. The maximum Gasteiger partial charge on any atom is 0.416 e. The number of H-pyrrole nitrogens is 1. The summed E-state index contributed by atoms with van der Waals surface area (Å²) < 4.78 is 52.5. The average Bonchev–Trinajstić information content (AvgIpc) is 3.14. The van der Waals surface area contributed by atoms with Gasteiger partial charge in [-0.15, -0.1) is 0 Å². The predicted molar refractivity (Wildman–Crippen MR) is 94.3 cm³/mol. The number of benzene rings is 2. The van der Waals surface area contributed by atoms with E-state index in [-0.39, 0.29) is 30.7 Å². The van der Waals surface area contributed by atoms with Gasteiger partial charge in [-0.3, -0.25) is 4.79 Å². The third-order valence-electron chi connectivity index (χ3n) is 4.47. The highest BCUT2D eigenvalue weighted by atomic mass is 19.4. The molecule has 0 radical (unpaired) electrons. The van der Waals surface area contributed by atoms with Crippen LogP contribution in [0.2, 0.25) is 0 Å². The largest absolute Gasteiger partial charge is 0.416 e. The number of hydrogen-bond acceptors (Lipinski definition) is 3. The summed E-state index contributed by atoms with van der Waals surface area (Å²) >= 11 is 0. The van der Waals surface area contributed by atoms with Gasteiger partial charge in [0.25, 0.3) is 5.91 Å². The number of nitrogens with one attached hydrogen (secondary N) is 2.